The summed E-state index contributed by atoms with van der Waals surface area (Å²) in [6.45, 7) is 4.70. The van der Waals surface area contributed by atoms with Gasteiger partial charge < -0.3 is 58.6 Å². The summed E-state index contributed by atoms with van der Waals surface area (Å²) in [5.74, 6) is -2.83. The highest BCUT2D eigenvalue weighted by atomic mass is 19.1. The van der Waals surface area contributed by atoms with E-state index in [4.69, 9.17) is 5.11 Å². The average molecular weight is 1250 g/mol. The van der Waals surface area contributed by atoms with Gasteiger partial charge in [0.15, 0.2) is 17.1 Å². The number of nitrogens with zero attached hydrogens (tertiary/aromatic N) is 13. The van der Waals surface area contributed by atoms with Gasteiger partial charge in [-0.2, -0.15) is 0 Å². The summed E-state index contributed by atoms with van der Waals surface area (Å²) in [7, 11) is 3.82. The summed E-state index contributed by atoms with van der Waals surface area (Å²) >= 11 is 0. The van der Waals surface area contributed by atoms with Crippen molar-refractivity contribution < 1.29 is 72.2 Å². The van der Waals surface area contributed by atoms with Crippen molar-refractivity contribution >= 4 is 92.7 Å². The third-order valence-corrected chi connectivity index (χ3v) is 11.3. The molecule has 0 bridgehead atoms. The number of amides is 4. The fourth-order valence-electron chi connectivity index (χ4n) is 7.23. The molecular formula is C51H47FN20O18. The van der Waals surface area contributed by atoms with Gasteiger partial charge in [0.1, 0.15) is 30.5 Å². The van der Waals surface area contributed by atoms with Crippen molar-refractivity contribution in [1.82, 2.24) is 69.2 Å². The SMILES string of the molecule is CCNC(=O)Nc1nc2ccc(-n3cnc(C(=O)O)c3)cc2[nH]1.CCNC(=O)Nc1nc2ccc(-n3cnc(C(=O)OC)c3)cc2[nH]1.COC(=O)c1cn(-c2ccc([N+](=O)[O-])c([N+](=O)[O-])c2)cn1.COC(=O)c1cnc[nH]1.O=[N+]([O-])c1ccc(F)cc1[N+](=O)[O-]. The molecule has 0 fully saturated rings. The third-order valence-electron chi connectivity index (χ3n) is 11.3. The number of aromatic nitrogens is 12. The maximum absolute atomic E-state index is 12.4. The number of anilines is 2. The molecule has 0 saturated heterocycles. The van der Waals surface area contributed by atoms with E-state index in [9.17, 15) is 73.6 Å². The van der Waals surface area contributed by atoms with Gasteiger partial charge in [-0.3, -0.25) is 51.1 Å². The van der Waals surface area contributed by atoms with Crippen LogP contribution in [0.4, 0.5) is 48.6 Å². The number of nitrogens with one attached hydrogen (secondary N) is 7. The van der Waals surface area contributed by atoms with Crippen molar-refractivity contribution in [1.29, 1.82) is 0 Å². The summed E-state index contributed by atoms with van der Waals surface area (Å²) in [4.78, 5) is 138. The zero-order valence-electron chi connectivity index (χ0n) is 47.0. The molecule has 6 aromatic heterocycles. The Morgan fingerprint density at radius 3 is 1.34 bits per heavy atom. The number of nitro groups is 4. The second-order valence-electron chi connectivity index (χ2n) is 17.1. The minimum absolute atomic E-state index is 0.0125. The van der Waals surface area contributed by atoms with Crippen LogP contribution in [0.25, 0.3) is 39.1 Å². The van der Waals surface area contributed by atoms with E-state index in [0.717, 1.165) is 41.2 Å². The van der Waals surface area contributed by atoms with Gasteiger partial charge in [0.25, 0.3) is 0 Å². The highest BCUT2D eigenvalue weighted by molar-refractivity contribution is 5.92. The number of fused-ring (bicyclic) bond motifs is 2. The number of methoxy groups -OCH3 is 3. The number of urea groups is 2. The fourth-order valence-corrected chi connectivity index (χ4v) is 7.23. The van der Waals surface area contributed by atoms with Crippen molar-refractivity contribution in [2.24, 2.45) is 0 Å². The Hall–Kier alpha value is -13.4. The quantitative estimate of drug-likeness (QED) is 0.0232. The van der Waals surface area contributed by atoms with Crippen molar-refractivity contribution in [3.8, 4) is 17.1 Å². The number of aromatic carboxylic acids is 1. The molecule has 0 unspecified atom stereocenters. The molecule has 0 aliphatic rings. The molecule has 10 rings (SSSR count). The minimum atomic E-state index is -1.08. The number of ether oxygens (including phenoxy) is 3. The molecule has 0 atom stereocenters. The number of hydrogen-bond donors (Lipinski definition) is 8. The number of hydrogen-bond acceptors (Lipinski definition) is 23. The normalized spacial score (nSPS) is 10.2. The Bertz CT molecular complexity index is 4290. The monoisotopic (exact) mass is 1250 g/mol. The molecule has 38 nitrogen and oxygen atoms in total. The number of carbonyl (C=O) groups is 6. The molecule has 39 heteroatoms. The van der Waals surface area contributed by atoms with Gasteiger partial charge >= 0.3 is 58.7 Å². The van der Waals surface area contributed by atoms with E-state index in [1.54, 1.807) is 33.5 Å². The van der Waals surface area contributed by atoms with Crippen LogP contribution in [0.15, 0.2) is 123 Å². The summed E-state index contributed by atoms with van der Waals surface area (Å²) in [6.07, 6.45) is 11.3. The first-order valence-electron chi connectivity index (χ1n) is 25.2. The summed E-state index contributed by atoms with van der Waals surface area (Å²) in [5.41, 5.74) is 2.37. The predicted molar refractivity (Wildman–Crippen MR) is 308 cm³/mol. The summed E-state index contributed by atoms with van der Waals surface area (Å²) in [5, 5.41) is 61.4. The first kappa shape index (κ1) is 65.8. The number of esters is 3. The standard InChI is InChI=1S/C15H16N6O3.C14H14N6O3.C11H8N4O6.C6H3FN2O4.C5H6N2O2/c1-3-16-15(23)20-14-18-10-5-4-9(6-11(10)19-14)21-7-12(17-8-21)13(22)24-2;1-2-15-14(23)19-13-17-9-4-3-8(5-10(9)18-13)20-6-11(12(21)22)16-7-20;1-21-11(16)8-5-13(6-12-8)7-2-3-9(14(17)18)10(4-7)15(19)20;7-4-1-2-5(8(10)11)6(3-4)9(12)13;1-9-5(8)4-2-6-3-7-4/h4-8H,3H2,1-2H3,(H3,16,18,19,20,23);3-7H,2H2,1H3,(H,21,22)(H3,15,17,18,19,23);2-6H,1H3;1-3H;2-3H,1H3,(H,6,7). The maximum Gasteiger partial charge on any atom is 0.358 e. The summed E-state index contributed by atoms with van der Waals surface area (Å²) in [6, 6.07) is 15.6. The molecule has 0 spiro atoms. The van der Waals surface area contributed by atoms with Crippen LogP contribution >= 0.6 is 0 Å². The number of carboxylic acid groups (broad SMARTS) is 1. The number of carboxylic acids is 1. The lowest BCUT2D eigenvalue weighted by molar-refractivity contribution is -0.422. The second kappa shape index (κ2) is 30.4. The van der Waals surface area contributed by atoms with Gasteiger partial charge in [-0.15, -0.1) is 0 Å². The van der Waals surface area contributed by atoms with E-state index in [-0.39, 0.29) is 34.8 Å². The van der Waals surface area contributed by atoms with Crippen LogP contribution in [-0.4, -0.2) is 154 Å². The van der Waals surface area contributed by atoms with Gasteiger partial charge in [0.2, 0.25) is 11.9 Å². The number of rotatable bonds is 15. The molecule has 466 valence electrons. The molecule has 10 aromatic rings. The molecule has 0 radical (unpaired) electrons. The van der Waals surface area contributed by atoms with E-state index in [1.165, 1.54) is 75.9 Å². The Morgan fingerprint density at radius 1 is 0.556 bits per heavy atom. The van der Waals surface area contributed by atoms with Gasteiger partial charge in [-0.1, -0.05) is 0 Å². The average Bonchev–Trinajstić information content (AvgIpc) is 1.71. The van der Waals surface area contributed by atoms with Crippen LogP contribution in [0.1, 0.15) is 55.8 Å². The number of aromatic amines is 3. The van der Waals surface area contributed by atoms with Gasteiger partial charge in [0, 0.05) is 61.3 Å². The zero-order chi connectivity index (χ0) is 65.8. The predicted octanol–water partition coefficient (Wildman–Crippen LogP) is 6.58. The molecule has 8 N–H and O–H groups in total. The molecule has 90 heavy (non-hydrogen) atoms. The molecule has 4 amide bonds. The molecule has 6 heterocycles. The Labute approximate surface area is 500 Å². The van der Waals surface area contributed by atoms with Gasteiger partial charge in [0.05, 0.1) is 87.4 Å². The van der Waals surface area contributed by atoms with Crippen molar-refractivity contribution in [3.05, 3.63) is 192 Å². The minimum Gasteiger partial charge on any atom is -0.476 e. The smallest absolute Gasteiger partial charge is 0.358 e. The number of carbonyl (C=O) groups excluding carboxylic acids is 5. The highest BCUT2D eigenvalue weighted by Gasteiger charge is 2.26. The van der Waals surface area contributed by atoms with E-state index in [0.29, 0.717) is 53.3 Å². The first-order chi connectivity index (χ1) is 43.0. The molecule has 4 aromatic carbocycles. The highest BCUT2D eigenvalue weighted by Crippen LogP contribution is 2.30. The Morgan fingerprint density at radius 2 is 0.956 bits per heavy atom. The van der Waals surface area contributed by atoms with E-state index >= 15 is 0 Å². The molecular weight excluding hydrogens is 1200 g/mol. The molecule has 0 aliphatic heterocycles. The lowest BCUT2D eigenvalue weighted by Gasteiger charge is -2.02. The van der Waals surface area contributed by atoms with Gasteiger partial charge in [-0.05, 0) is 62.4 Å². The van der Waals surface area contributed by atoms with E-state index in [2.05, 4.69) is 80.3 Å². The molecule has 0 saturated carbocycles. The van der Waals surface area contributed by atoms with Gasteiger partial charge in [-0.25, -0.2) is 63.1 Å². The topological polar surface area (TPSA) is 511 Å². The number of nitro benzene ring substituents is 4. The van der Waals surface area contributed by atoms with Crippen LogP contribution in [0.3, 0.4) is 0 Å². The number of imidazole rings is 6. The molecule has 0 aliphatic carbocycles. The van der Waals surface area contributed by atoms with E-state index < -0.39 is 72.1 Å². The largest absolute Gasteiger partial charge is 0.476 e. The Kier molecular flexibility index (Phi) is 22.2. The van der Waals surface area contributed by atoms with Crippen LogP contribution in [0.2, 0.25) is 0 Å². The van der Waals surface area contributed by atoms with Crippen LogP contribution in [-0.2, 0) is 14.2 Å². The van der Waals surface area contributed by atoms with Crippen molar-refractivity contribution in [2.45, 2.75) is 13.8 Å². The van der Waals surface area contributed by atoms with Crippen molar-refractivity contribution in [3.63, 3.8) is 0 Å². The first-order valence-corrected chi connectivity index (χ1v) is 25.2. The van der Waals surface area contributed by atoms with Crippen LogP contribution < -0.4 is 21.3 Å². The summed E-state index contributed by atoms with van der Waals surface area (Å²) < 4.78 is 30.6. The Balaban J connectivity index is 0.000000185. The lowest BCUT2D eigenvalue weighted by Crippen LogP contribution is -2.28. The van der Waals surface area contributed by atoms with Crippen LogP contribution in [0, 0.1) is 46.3 Å². The van der Waals surface area contributed by atoms with E-state index in [1.807, 2.05) is 32.0 Å². The number of halogens is 1. The number of benzene rings is 4. The zero-order valence-corrected chi connectivity index (χ0v) is 47.0. The second-order valence-corrected chi connectivity index (χ2v) is 17.1. The third kappa shape index (κ3) is 17.4. The lowest BCUT2D eigenvalue weighted by atomic mass is 10.2. The fraction of sp³-hybridized carbons (Fsp3) is 0.137. The maximum atomic E-state index is 12.4. The number of H-pyrrole nitrogens is 3. The van der Waals surface area contributed by atoms with Crippen molar-refractivity contribution in [2.75, 3.05) is 45.1 Å². The van der Waals surface area contributed by atoms with Crippen LogP contribution in [0.5, 0.6) is 0 Å².